The smallest absolute Gasteiger partial charge is 0.303 e. The van der Waals surface area contributed by atoms with E-state index in [1.165, 1.54) is 0 Å². The van der Waals surface area contributed by atoms with E-state index in [2.05, 4.69) is 0 Å². The molecule has 2 aliphatic rings. The summed E-state index contributed by atoms with van der Waals surface area (Å²) in [6.45, 7) is 3.86. The van der Waals surface area contributed by atoms with Gasteiger partial charge >= 0.3 is 5.97 Å². The van der Waals surface area contributed by atoms with Gasteiger partial charge in [0.05, 0.1) is 0 Å². The van der Waals surface area contributed by atoms with Crippen molar-refractivity contribution in [2.45, 2.75) is 58.0 Å². The van der Waals surface area contributed by atoms with Crippen LogP contribution >= 0.6 is 0 Å². The van der Waals surface area contributed by atoms with Crippen LogP contribution in [-0.2, 0) is 9.59 Å². The molecular weight excluding hydrogens is 230 g/mol. The molecule has 18 heavy (non-hydrogen) atoms. The fourth-order valence-electron chi connectivity index (χ4n) is 3.38. The van der Waals surface area contributed by atoms with Crippen LogP contribution in [-0.4, -0.2) is 34.0 Å². The molecule has 1 amide bonds. The maximum Gasteiger partial charge on any atom is 0.303 e. The lowest BCUT2D eigenvalue weighted by atomic mass is 9.88. The predicted octanol–water partition coefficient (Wildman–Crippen LogP) is 2.20. The third-order valence-electron chi connectivity index (χ3n) is 3.96. The van der Waals surface area contributed by atoms with Gasteiger partial charge in [-0.05, 0) is 45.4 Å². The van der Waals surface area contributed by atoms with Gasteiger partial charge in [0.2, 0.25) is 5.91 Å². The number of fused-ring (bicyclic) bond motifs is 2. The monoisotopic (exact) mass is 251 g/mol. The molecule has 4 heteroatoms. The first kappa shape index (κ1) is 13.1. The van der Waals surface area contributed by atoms with Crippen LogP contribution in [0.3, 0.4) is 0 Å². The van der Waals surface area contributed by atoms with Gasteiger partial charge in [0.1, 0.15) is 0 Å². The van der Waals surface area contributed by atoms with Crippen LogP contribution in [0.15, 0.2) is 11.6 Å². The summed E-state index contributed by atoms with van der Waals surface area (Å²) in [5, 5.41) is 8.86. The number of piperidine rings is 1. The standard InChI is InChI=1S/C14H21NO3/c1-9(2)5-13(16)15-11-3-4-12(15)7-10(6-11)8-14(17)18/h5,10-12H,3-4,6-8H2,1-2H3,(H,17,18). The predicted molar refractivity (Wildman–Crippen MR) is 68.1 cm³/mol. The average Bonchev–Trinajstić information content (AvgIpc) is 2.49. The Balaban J connectivity index is 2.04. The first-order chi connectivity index (χ1) is 8.47. The van der Waals surface area contributed by atoms with E-state index in [9.17, 15) is 9.59 Å². The van der Waals surface area contributed by atoms with E-state index in [4.69, 9.17) is 5.11 Å². The van der Waals surface area contributed by atoms with E-state index in [1.807, 2.05) is 18.7 Å². The number of nitrogens with zero attached hydrogens (tertiary/aromatic N) is 1. The Morgan fingerprint density at radius 3 is 2.22 bits per heavy atom. The summed E-state index contributed by atoms with van der Waals surface area (Å²) in [6.07, 6.45) is 5.71. The highest BCUT2D eigenvalue weighted by Crippen LogP contribution is 2.40. The Morgan fingerprint density at radius 2 is 1.78 bits per heavy atom. The first-order valence-corrected chi connectivity index (χ1v) is 6.66. The van der Waals surface area contributed by atoms with Crippen LogP contribution in [0.1, 0.15) is 46.0 Å². The summed E-state index contributed by atoms with van der Waals surface area (Å²) in [4.78, 5) is 24.9. The summed E-state index contributed by atoms with van der Waals surface area (Å²) < 4.78 is 0. The Hall–Kier alpha value is -1.32. The lowest BCUT2D eigenvalue weighted by Crippen LogP contribution is -2.46. The van der Waals surface area contributed by atoms with Crippen LogP contribution in [0.2, 0.25) is 0 Å². The molecule has 2 heterocycles. The molecule has 0 aromatic rings. The largest absolute Gasteiger partial charge is 0.481 e. The van der Waals surface area contributed by atoms with Gasteiger partial charge in [-0.1, -0.05) is 5.57 Å². The number of allylic oxidation sites excluding steroid dienone is 1. The van der Waals surface area contributed by atoms with Gasteiger partial charge < -0.3 is 10.0 Å². The van der Waals surface area contributed by atoms with Crippen LogP contribution in [0.5, 0.6) is 0 Å². The zero-order chi connectivity index (χ0) is 13.3. The summed E-state index contributed by atoms with van der Waals surface area (Å²) >= 11 is 0. The van der Waals surface area contributed by atoms with Gasteiger partial charge in [-0.2, -0.15) is 0 Å². The molecule has 2 atom stereocenters. The Kier molecular flexibility index (Phi) is 3.73. The molecular formula is C14H21NO3. The molecule has 2 aliphatic heterocycles. The van der Waals surface area contributed by atoms with E-state index in [0.29, 0.717) is 0 Å². The zero-order valence-corrected chi connectivity index (χ0v) is 11.1. The van der Waals surface area contributed by atoms with Crippen LogP contribution < -0.4 is 0 Å². The second-order valence-electron chi connectivity index (χ2n) is 5.79. The van der Waals surface area contributed by atoms with Gasteiger partial charge in [0.15, 0.2) is 0 Å². The maximum atomic E-state index is 12.1. The molecule has 2 fully saturated rings. The summed E-state index contributed by atoms with van der Waals surface area (Å²) in [7, 11) is 0. The van der Waals surface area contributed by atoms with Crippen molar-refractivity contribution in [2.75, 3.05) is 0 Å². The van der Waals surface area contributed by atoms with Crippen LogP contribution in [0.4, 0.5) is 0 Å². The van der Waals surface area contributed by atoms with Crippen molar-refractivity contribution in [1.82, 2.24) is 4.90 Å². The van der Waals surface area contributed by atoms with E-state index < -0.39 is 5.97 Å². The highest BCUT2D eigenvalue weighted by Gasteiger charge is 2.42. The van der Waals surface area contributed by atoms with Crippen LogP contribution in [0, 0.1) is 5.92 Å². The maximum absolute atomic E-state index is 12.1. The van der Waals surface area contributed by atoms with E-state index in [0.717, 1.165) is 31.3 Å². The Bertz CT molecular complexity index is 371. The minimum Gasteiger partial charge on any atom is -0.481 e. The number of hydrogen-bond acceptors (Lipinski definition) is 2. The topological polar surface area (TPSA) is 57.6 Å². The van der Waals surface area contributed by atoms with Gasteiger partial charge in [-0.15, -0.1) is 0 Å². The normalized spacial score (nSPS) is 30.1. The minimum absolute atomic E-state index is 0.108. The minimum atomic E-state index is -0.719. The first-order valence-electron chi connectivity index (χ1n) is 6.66. The molecule has 2 bridgehead atoms. The summed E-state index contributed by atoms with van der Waals surface area (Å²) in [5.41, 5.74) is 1.02. The van der Waals surface area contributed by atoms with Crippen molar-refractivity contribution in [3.05, 3.63) is 11.6 Å². The van der Waals surface area contributed by atoms with Crippen molar-refractivity contribution < 1.29 is 14.7 Å². The third-order valence-corrected chi connectivity index (χ3v) is 3.96. The number of carbonyl (C=O) groups excluding carboxylic acids is 1. The molecule has 0 aromatic heterocycles. The van der Waals surface area contributed by atoms with Crippen LogP contribution in [0.25, 0.3) is 0 Å². The fraction of sp³-hybridized carbons (Fsp3) is 0.714. The number of hydrogen-bond donors (Lipinski definition) is 1. The highest BCUT2D eigenvalue weighted by molar-refractivity contribution is 5.89. The van der Waals surface area contributed by atoms with Gasteiger partial charge in [-0.25, -0.2) is 0 Å². The second kappa shape index (κ2) is 5.12. The van der Waals surface area contributed by atoms with Crippen molar-refractivity contribution in [3.63, 3.8) is 0 Å². The number of carboxylic acids is 1. The number of carbonyl (C=O) groups is 2. The quantitative estimate of drug-likeness (QED) is 0.782. The molecule has 0 radical (unpaired) electrons. The zero-order valence-electron chi connectivity index (χ0n) is 11.1. The molecule has 0 aromatic carbocycles. The van der Waals surface area contributed by atoms with Crippen molar-refractivity contribution in [1.29, 1.82) is 0 Å². The highest BCUT2D eigenvalue weighted by atomic mass is 16.4. The van der Waals surface area contributed by atoms with Crippen molar-refractivity contribution in [3.8, 4) is 0 Å². The van der Waals surface area contributed by atoms with E-state index >= 15 is 0 Å². The molecule has 0 spiro atoms. The molecule has 0 saturated carbocycles. The van der Waals surface area contributed by atoms with E-state index in [1.54, 1.807) is 6.08 Å². The SMILES string of the molecule is CC(C)=CC(=O)N1C2CCC1CC(CC(=O)O)C2. The third kappa shape index (κ3) is 2.74. The lowest BCUT2D eigenvalue weighted by Gasteiger charge is -2.38. The molecule has 1 N–H and O–H groups in total. The number of aliphatic carboxylic acids is 1. The van der Waals surface area contributed by atoms with Gasteiger partial charge in [0.25, 0.3) is 0 Å². The van der Waals surface area contributed by atoms with Gasteiger partial charge in [-0.3, -0.25) is 9.59 Å². The van der Waals surface area contributed by atoms with Crippen molar-refractivity contribution >= 4 is 11.9 Å². The molecule has 0 aliphatic carbocycles. The average molecular weight is 251 g/mol. The summed E-state index contributed by atoms with van der Waals surface area (Å²) in [6, 6.07) is 0.521. The Morgan fingerprint density at radius 1 is 1.22 bits per heavy atom. The molecule has 2 unspecified atom stereocenters. The molecule has 2 saturated heterocycles. The van der Waals surface area contributed by atoms with Crippen molar-refractivity contribution in [2.24, 2.45) is 5.92 Å². The second-order valence-corrected chi connectivity index (χ2v) is 5.79. The molecule has 4 nitrogen and oxygen atoms in total. The Labute approximate surface area is 108 Å². The number of carboxylic acid groups (broad SMARTS) is 1. The number of rotatable bonds is 3. The fourth-order valence-corrected chi connectivity index (χ4v) is 3.38. The molecule has 100 valence electrons. The number of amides is 1. The lowest BCUT2D eigenvalue weighted by molar-refractivity contribution is -0.139. The molecule has 2 rings (SSSR count). The van der Waals surface area contributed by atoms with Gasteiger partial charge in [0, 0.05) is 24.6 Å². The van der Waals surface area contributed by atoms with E-state index in [-0.39, 0.29) is 30.3 Å². The summed E-state index contributed by atoms with van der Waals surface area (Å²) in [5.74, 6) is -0.365.